The van der Waals surface area contributed by atoms with Gasteiger partial charge in [0.2, 0.25) is 15.9 Å². The summed E-state index contributed by atoms with van der Waals surface area (Å²) in [4.78, 5) is 14.1. The summed E-state index contributed by atoms with van der Waals surface area (Å²) in [7, 11) is -2.07. The lowest BCUT2D eigenvalue weighted by Crippen LogP contribution is -2.57. The molecule has 1 aromatic rings. The van der Waals surface area contributed by atoms with Gasteiger partial charge < -0.3 is 4.90 Å². The van der Waals surface area contributed by atoms with Crippen molar-refractivity contribution >= 4 is 27.5 Å². The number of hydrogen-bond donors (Lipinski definition) is 0. The van der Waals surface area contributed by atoms with E-state index in [9.17, 15) is 13.2 Å². The fourth-order valence-electron chi connectivity index (χ4n) is 2.63. The summed E-state index contributed by atoms with van der Waals surface area (Å²) in [5.74, 6) is -0.143. The molecule has 0 bridgehead atoms. The number of carbonyl (C=O) groups excluding carboxylic acids is 1. The van der Waals surface area contributed by atoms with E-state index in [2.05, 4.69) is 0 Å². The summed E-state index contributed by atoms with van der Waals surface area (Å²) in [6, 6.07) is 5.72. The molecule has 1 aliphatic rings. The van der Waals surface area contributed by atoms with Gasteiger partial charge in [0.15, 0.2) is 0 Å². The minimum absolute atomic E-state index is 0.0653. The number of rotatable bonds is 5. The number of amides is 1. The van der Waals surface area contributed by atoms with E-state index in [-0.39, 0.29) is 15.8 Å². The first-order valence-electron chi connectivity index (χ1n) is 7.41. The quantitative estimate of drug-likeness (QED) is 0.824. The third-order valence-corrected chi connectivity index (χ3v) is 6.33. The van der Waals surface area contributed by atoms with Crippen LogP contribution in [0.5, 0.6) is 0 Å². The van der Waals surface area contributed by atoms with E-state index in [4.69, 9.17) is 11.6 Å². The van der Waals surface area contributed by atoms with Crippen molar-refractivity contribution in [1.29, 1.82) is 0 Å². The van der Waals surface area contributed by atoms with Crippen molar-refractivity contribution in [3.8, 4) is 0 Å². The Hall–Kier alpha value is -1.11. The van der Waals surface area contributed by atoms with E-state index in [1.54, 1.807) is 30.1 Å². The molecule has 1 heterocycles. The zero-order valence-corrected chi connectivity index (χ0v) is 14.4. The van der Waals surface area contributed by atoms with Gasteiger partial charge in [-0.25, -0.2) is 8.42 Å². The van der Waals surface area contributed by atoms with Gasteiger partial charge in [-0.1, -0.05) is 43.5 Å². The Morgan fingerprint density at radius 1 is 1.27 bits per heavy atom. The molecule has 22 heavy (non-hydrogen) atoms. The van der Waals surface area contributed by atoms with Gasteiger partial charge in [-0.2, -0.15) is 4.31 Å². The van der Waals surface area contributed by atoms with E-state index in [0.717, 1.165) is 12.8 Å². The van der Waals surface area contributed by atoms with Crippen molar-refractivity contribution in [2.24, 2.45) is 0 Å². The maximum Gasteiger partial charge on any atom is 0.245 e. The first-order chi connectivity index (χ1) is 10.4. The second-order valence-electron chi connectivity index (χ2n) is 5.46. The zero-order chi connectivity index (χ0) is 16.3. The molecule has 0 spiro atoms. The van der Waals surface area contributed by atoms with Crippen molar-refractivity contribution in [2.45, 2.75) is 37.1 Å². The third-order valence-electron chi connectivity index (χ3n) is 3.92. The largest absolute Gasteiger partial charge is 0.343 e. The lowest BCUT2D eigenvalue weighted by atomic mass is 10.1. The number of sulfonamides is 1. The molecule has 1 atom stereocenters. The van der Waals surface area contributed by atoms with Crippen molar-refractivity contribution < 1.29 is 13.2 Å². The van der Waals surface area contributed by atoms with Crippen molar-refractivity contribution in [3.63, 3.8) is 0 Å². The van der Waals surface area contributed by atoms with Crippen LogP contribution in [0, 0.1) is 0 Å². The Morgan fingerprint density at radius 3 is 2.59 bits per heavy atom. The minimum atomic E-state index is -3.77. The predicted molar refractivity (Wildman–Crippen MR) is 86.3 cm³/mol. The van der Waals surface area contributed by atoms with Crippen LogP contribution in [0.15, 0.2) is 29.2 Å². The molecule has 0 unspecified atom stereocenters. The number of carbonyl (C=O) groups is 1. The van der Waals surface area contributed by atoms with Crippen LogP contribution in [0.1, 0.15) is 26.2 Å². The molecular weight excluding hydrogens is 324 g/mol. The van der Waals surface area contributed by atoms with Crippen LogP contribution in [0.25, 0.3) is 0 Å². The summed E-state index contributed by atoms with van der Waals surface area (Å²) < 4.78 is 27.1. The molecule has 1 saturated heterocycles. The maximum atomic E-state index is 12.9. The molecule has 2 rings (SSSR count). The summed E-state index contributed by atoms with van der Waals surface area (Å²) in [6.45, 7) is 2.71. The molecule has 1 fully saturated rings. The molecule has 1 aromatic carbocycles. The van der Waals surface area contributed by atoms with E-state index in [1.807, 2.05) is 6.92 Å². The Morgan fingerprint density at radius 2 is 1.95 bits per heavy atom. The Bertz CT molecular complexity index is 648. The van der Waals surface area contributed by atoms with Crippen LogP contribution in [-0.4, -0.2) is 49.7 Å². The normalized spacial score (nSPS) is 20.4. The SMILES string of the molecule is CCCC[C@@H]1C(=O)N(C)CCN1S(=O)(=O)c1ccccc1Cl. The monoisotopic (exact) mass is 344 g/mol. The van der Waals surface area contributed by atoms with Crippen LogP contribution in [0.2, 0.25) is 5.02 Å². The third kappa shape index (κ3) is 3.29. The number of likely N-dealkylation sites (N-methyl/N-ethyl adjacent to an activating group) is 1. The fraction of sp³-hybridized carbons (Fsp3) is 0.533. The molecule has 1 amide bonds. The highest BCUT2D eigenvalue weighted by Crippen LogP contribution is 2.28. The van der Waals surface area contributed by atoms with Gasteiger partial charge in [0, 0.05) is 20.1 Å². The van der Waals surface area contributed by atoms with Gasteiger partial charge in [0.1, 0.15) is 10.9 Å². The summed E-state index contributed by atoms with van der Waals surface area (Å²) in [5, 5.41) is 0.183. The maximum absolute atomic E-state index is 12.9. The highest BCUT2D eigenvalue weighted by atomic mass is 35.5. The Kier molecular flexibility index (Phi) is 5.47. The van der Waals surface area contributed by atoms with Crippen LogP contribution < -0.4 is 0 Å². The first-order valence-corrected chi connectivity index (χ1v) is 9.22. The van der Waals surface area contributed by atoms with Gasteiger partial charge in [-0.05, 0) is 18.6 Å². The van der Waals surface area contributed by atoms with Gasteiger partial charge in [0.25, 0.3) is 0 Å². The minimum Gasteiger partial charge on any atom is -0.343 e. The van der Waals surface area contributed by atoms with Gasteiger partial charge in [-0.3, -0.25) is 4.79 Å². The van der Waals surface area contributed by atoms with Crippen molar-refractivity contribution in [1.82, 2.24) is 9.21 Å². The first kappa shape index (κ1) is 17.2. The molecule has 0 aliphatic carbocycles. The lowest BCUT2D eigenvalue weighted by molar-refractivity contribution is -0.137. The number of halogens is 1. The van der Waals surface area contributed by atoms with Crippen molar-refractivity contribution in [2.75, 3.05) is 20.1 Å². The summed E-state index contributed by atoms with van der Waals surface area (Å²) >= 11 is 6.04. The zero-order valence-electron chi connectivity index (χ0n) is 12.8. The number of benzene rings is 1. The Balaban J connectivity index is 2.39. The number of unbranched alkanes of at least 4 members (excludes halogenated alkanes) is 1. The van der Waals surface area contributed by atoms with Crippen LogP contribution in [-0.2, 0) is 14.8 Å². The highest BCUT2D eigenvalue weighted by Gasteiger charge is 2.40. The average molecular weight is 345 g/mol. The predicted octanol–water partition coefficient (Wildman–Crippen LogP) is 2.36. The van der Waals surface area contributed by atoms with Gasteiger partial charge >= 0.3 is 0 Å². The van der Waals surface area contributed by atoms with Crippen molar-refractivity contribution in [3.05, 3.63) is 29.3 Å². The fourth-order valence-corrected chi connectivity index (χ4v) is 4.72. The smallest absolute Gasteiger partial charge is 0.245 e. The van der Waals surface area contributed by atoms with Crippen LogP contribution in [0.4, 0.5) is 0 Å². The molecule has 1 aliphatic heterocycles. The highest BCUT2D eigenvalue weighted by molar-refractivity contribution is 7.89. The Labute approximate surface area is 136 Å². The van der Waals surface area contributed by atoms with Gasteiger partial charge in [0.05, 0.1) is 5.02 Å². The van der Waals surface area contributed by atoms with E-state index in [1.165, 1.54) is 10.4 Å². The van der Waals surface area contributed by atoms with Gasteiger partial charge in [-0.15, -0.1) is 0 Å². The molecule has 122 valence electrons. The van der Waals surface area contributed by atoms with E-state index in [0.29, 0.717) is 19.5 Å². The topological polar surface area (TPSA) is 57.7 Å². The second-order valence-corrected chi connectivity index (χ2v) is 7.73. The van der Waals surface area contributed by atoms with Crippen LogP contribution >= 0.6 is 11.6 Å². The summed E-state index contributed by atoms with van der Waals surface area (Å²) in [5.41, 5.74) is 0. The lowest BCUT2D eigenvalue weighted by Gasteiger charge is -2.38. The molecular formula is C15H21ClN2O3S. The number of hydrogen-bond acceptors (Lipinski definition) is 3. The number of nitrogens with zero attached hydrogens (tertiary/aromatic N) is 2. The molecule has 7 heteroatoms. The molecule has 0 aromatic heterocycles. The molecule has 0 saturated carbocycles. The van der Waals surface area contributed by atoms with E-state index >= 15 is 0 Å². The summed E-state index contributed by atoms with van der Waals surface area (Å²) in [6.07, 6.45) is 2.25. The average Bonchev–Trinajstić information content (AvgIpc) is 2.48. The second kappa shape index (κ2) is 6.98. The number of piperazine rings is 1. The standard InChI is InChI=1S/C15H21ClN2O3S/c1-3-4-8-13-15(19)17(2)10-11-18(13)22(20,21)14-9-6-5-7-12(14)16/h5-7,9,13H,3-4,8,10-11H2,1-2H3/t13-/m1/s1. The van der Waals surface area contributed by atoms with E-state index < -0.39 is 16.1 Å². The molecule has 0 N–H and O–H groups in total. The molecule has 5 nitrogen and oxygen atoms in total. The van der Waals surface area contributed by atoms with Crippen LogP contribution in [0.3, 0.4) is 0 Å². The molecule has 0 radical (unpaired) electrons.